The highest BCUT2D eigenvalue weighted by Gasteiger charge is 2.15. The van der Waals surface area contributed by atoms with Crippen molar-refractivity contribution in [3.63, 3.8) is 0 Å². The maximum absolute atomic E-state index is 12.3. The number of carbonyl (C=O) groups excluding carboxylic acids is 1. The molecule has 0 saturated heterocycles. The Bertz CT molecular complexity index is 1140. The molecule has 1 amide bonds. The Morgan fingerprint density at radius 2 is 2.28 bits per heavy atom. The van der Waals surface area contributed by atoms with E-state index in [9.17, 15) is 4.79 Å². The number of thioether (sulfide) groups is 1. The number of hydrogen-bond acceptors (Lipinski definition) is 7. The molecule has 2 aromatic heterocycles. The molecule has 0 aliphatic rings. The lowest BCUT2D eigenvalue weighted by molar-refractivity contribution is -0.113. The van der Waals surface area contributed by atoms with Gasteiger partial charge in [0.25, 0.3) is 0 Å². The van der Waals surface area contributed by atoms with Gasteiger partial charge < -0.3 is 14.6 Å². The van der Waals surface area contributed by atoms with Crippen molar-refractivity contribution in [3.8, 4) is 11.8 Å². The quantitative estimate of drug-likeness (QED) is 0.230. The predicted octanol–water partition coefficient (Wildman–Crippen LogP) is 5.10. The van der Waals surface area contributed by atoms with E-state index in [0.717, 1.165) is 23.6 Å². The number of aryl methyl sites for hydroxylation is 2. The SMILES string of the molecule is C=CCn1c(CCCOc2ccc(Cl)cc2C)nnc1SCC(=O)Nc1sccc1C#N. The van der Waals surface area contributed by atoms with Crippen molar-refractivity contribution >= 4 is 45.6 Å². The van der Waals surface area contributed by atoms with E-state index in [4.69, 9.17) is 21.6 Å². The average Bonchev–Trinajstić information content (AvgIpc) is 3.38. The molecule has 1 N–H and O–H groups in total. The van der Waals surface area contributed by atoms with Crippen molar-refractivity contribution in [3.05, 3.63) is 64.3 Å². The van der Waals surface area contributed by atoms with Crippen LogP contribution in [0, 0.1) is 18.3 Å². The van der Waals surface area contributed by atoms with Gasteiger partial charge in [-0.15, -0.1) is 28.1 Å². The summed E-state index contributed by atoms with van der Waals surface area (Å²) < 4.78 is 7.80. The second kappa shape index (κ2) is 11.7. The Hall–Kier alpha value is -2.80. The van der Waals surface area contributed by atoms with Crippen molar-refractivity contribution in [1.82, 2.24) is 14.8 Å². The molecule has 1 aromatic carbocycles. The van der Waals surface area contributed by atoms with Crippen LogP contribution in [0.4, 0.5) is 5.00 Å². The normalized spacial score (nSPS) is 10.5. The number of carbonyl (C=O) groups is 1. The van der Waals surface area contributed by atoms with Crippen LogP contribution in [0.5, 0.6) is 5.75 Å². The summed E-state index contributed by atoms with van der Waals surface area (Å²) >= 11 is 8.60. The second-order valence-corrected chi connectivity index (χ2v) is 9.07. The van der Waals surface area contributed by atoms with E-state index < -0.39 is 0 Å². The molecule has 0 aliphatic heterocycles. The van der Waals surface area contributed by atoms with E-state index in [0.29, 0.717) is 40.3 Å². The number of benzene rings is 1. The highest BCUT2D eigenvalue weighted by molar-refractivity contribution is 7.99. The number of anilines is 1. The lowest BCUT2D eigenvalue weighted by Gasteiger charge is -2.10. The van der Waals surface area contributed by atoms with Gasteiger partial charge in [-0.3, -0.25) is 4.79 Å². The van der Waals surface area contributed by atoms with Gasteiger partial charge in [-0.25, -0.2) is 0 Å². The minimum Gasteiger partial charge on any atom is -0.493 e. The number of aromatic nitrogens is 3. The standard InChI is InChI=1S/C22H22ClN5O2S2/c1-3-9-28-19(5-4-10-30-18-7-6-17(23)12-15(18)2)26-27-22(28)32-14-20(29)25-21-16(13-24)8-11-31-21/h3,6-8,11-12H,1,4-5,9-10,14H2,2H3,(H,25,29). The maximum Gasteiger partial charge on any atom is 0.235 e. The Morgan fingerprint density at radius 1 is 1.44 bits per heavy atom. The van der Waals surface area contributed by atoms with Crippen molar-refractivity contribution in [2.45, 2.75) is 31.5 Å². The van der Waals surface area contributed by atoms with Gasteiger partial charge in [-0.05, 0) is 48.6 Å². The number of nitriles is 1. The van der Waals surface area contributed by atoms with E-state index in [2.05, 4.69) is 28.2 Å². The number of nitrogens with one attached hydrogen (secondary N) is 1. The number of ether oxygens (including phenoxy) is 1. The van der Waals surface area contributed by atoms with E-state index in [-0.39, 0.29) is 11.7 Å². The van der Waals surface area contributed by atoms with Crippen LogP contribution in [0.1, 0.15) is 23.4 Å². The molecular weight excluding hydrogens is 466 g/mol. The molecule has 0 saturated carbocycles. The van der Waals surface area contributed by atoms with Gasteiger partial charge in [0.2, 0.25) is 5.91 Å². The van der Waals surface area contributed by atoms with Gasteiger partial charge >= 0.3 is 0 Å². The summed E-state index contributed by atoms with van der Waals surface area (Å²) in [5.74, 6) is 1.59. The van der Waals surface area contributed by atoms with Crippen LogP contribution in [-0.4, -0.2) is 33.0 Å². The summed E-state index contributed by atoms with van der Waals surface area (Å²) in [6.45, 7) is 6.85. The van der Waals surface area contributed by atoms with E-state index in [1.54, 1.807) is 17.5 Å². The summed E-state index contributed by atoms with van der Waals surface area (Å²) in [5, 5.41) is 24.0. The highest BCUT2D eigenvalue weighted by Crippen LogP contribution is 2.24. The molecule has 3 aromatic rings. The molecule has 0 bridgehead atoms. The molecule has 32 heavy (non-hydrogen) atoms. The van der Waals surface area contributed by atoms with Crippen molar-refractivity contribution in [2.75, 3.05) is 17.7 Å². The Labute approximate surface area is 200 Å². The monoisotopic (exact) mass is 487 g/mol. The lowest BCUT2D eigenvalue weighted by atomic mass is 10.2. The fourth-order valence-electron chi connectivity index (χ4n) is 2.90. The number of halogens is 1. The van der Waals surface area contributed by atoms with Gasteiger partial charge in [0.15, 0.2) is 5.16 Å². The number of thiophene rings is 1. The molecule has 0 radical (unpaired) electrons. The topological polar surface area (TPSA) is 92.8 Å². The van der Waals surface area contributed by atoms with Crippen LogP contribution in [0.15, 0.2) is 47.5 Å². The molecule has 0 spiro atoms. The Balaban J connectivity index is 1.53. The first-order chi connectivity index (χ1) is 15.5. The summed E-state index contributed by atoms with van der Waals surface area (Å²) in [7, 11) is 0. The first-order valence-corrected chi connectivity index (χ1v) is 12.1. The van der Waals surface area contributed by atoms with E-state index >= 15 is 0 Å². The van der Waals surface area contributed by atoms with E-state index in [1.165, 1.54) is 23.1 Å². The summed E-state index contributed by atoms with van der Waals surface area (Å²) in [4.78, 5) is 12.3. The maximum atomic E-state index is 12.3. The smallest absolute Gasteiger partial charge is 0.235 e. The van der Waals surface area contributed by atoms with E-state index in [1.807, 2.05) is 29.7 Å². The van der Waals surface area contributed by atoms with Gasteiger partial charge in [0.1, 0.15) is 22.6 Å². The third-order valence-corrected chi connectivity index (χ3v) is 6.45. The largest absolute Gasteiger partial charge is 0.493 e. The Kier molecular flexibility index (Phi) is 8.73. The number of nitrogens with zero attached hydrogens (tertiary/aromatic N) is 4. The highest BCUT2D eigenvalue weighted by atomic mass is 35.5. The average molecular weight is 488 g/mol. The van der Waals surface area contributed by atoms with Crippen LogP contribution >= 0.6 is 34.7 Å². The van der Waals surface area contributed by atoms with Crippen LogP contribution in [0.3, 0.4) is 0 Å². The minimum atomic E-state index is -0.199. The third kappa shape index (κ3) is 6.36. The van der Waals surface area contributed by atoms with Crippen LogP contribution in [-0.2, 0) is 17.8 Å². The molecular formula is C22H22ClN5O2S2. The minimum absolute atomic E-state index is 0.164. The molecule has 7 nitrogen and oxygen atoms in total. The first-order valence-electron chi connectivity index (χ1n) is 9.84. The molecule has 0 atom stereocenters. The summed E-state index contributed by atoms with van der Waals surface area (Å²) in [6.07, 6.45) is 3.22. The van der Waals surface area contributed by atoms with Gasteiger partial charge in [-0.1, -0.05) is 29.4 Å². The van der Waals surface area contributed by atoms with Gasteiger partial charge in [0.05, 0.1) is 17.9 Å². The number of allylic oxidation sites excluding steroid dienone is 1. The summed E-state index contributed by atoms with van der Waals surface area (Å²) in [5.41, 5.74) is 1.45. The third-order valence-electron chi connectivity index (χ3n) is 4.42. The Morgan fingerprint density at radius 3 is 3.03 bits per heavy atom. The first kappa shape index (κ1) is 23.9. The molecule has 2 heterocycles. The fraction of sp³-hybridized carbons (Fsp3) is 0.273. The fourth-order valence-corrected chi connectivity index (χ4v) is 4.64. The number of hydrogen-bond donors (Lipinski definition) is 1. The molecule has 0 aliphatic carbocycles. The van der Waals surface area contributed by atoms with Gasteiger partial charge in [0, 0.05) is 18.0 Å². The zero-order chi connectivity index (χ0) is 22.9. The molecule has 3 rings (SSSR count). The molecule has 0 fully saturated rings. The zero-order valence-corrected chi connectivity index (χ0v) is 19.9. The number of amides is 1. The van der Waals surface area contributed by atoms with Crippen molar-refractivity contribution in [1.29, 1.82) is 5.26 Å². The predicted molar refractivity (Wildman–Crippen MR) is 129 cm³/mol. The second-order valence-electron chi connectivity index (χ2n) is 6.77. The number of rotatable bonds is 11. The van der Waals surface area contributed by atoms with Crippen LogP contribution in [0.25, 0.3) is 0 Å². The summed E-state index contributed by atoms with van der Waals surface area (Å²) in [6, 6.07) is 9.29. The van der Waals surface area contributed by atoms with Crippen molar-refractivity contribution in [2.24, 2.45) is 0 Å². The molecule has 0 unspecified atom stereocenters. The van der Waals surface area contributed by atoms with Crippen LogP contribution < -0.4 is 10.1 Å². The van der Waals surface area contributed by atoms with Crippen molar-refractivity contribution < 1.29 is 9.53 Å². The van der Waals surface area contributed by atoms with Crippen LogP contribution in [0.2, 0.25) is 5.02 Å². The zero-order valence-electron chi connectivity index (χ0n) is 17.5. The molecule has 166 valence electrons. The van der Waals surface area contributed by atoms with Gasteiger partial charge in [-0.2, -0.15) is 5.26 Å². The lowest BCUT2D eigenvalue weighted by Crippen LogP contribution is -2.14. The molecule has 10 heteroatoms.